The summed E-state index contributed by atoms with van der Waals surface area (Å²) in [4.78, 5) is 29.2. The SMILES string of the molecule is CC1CN(C(=O)Nc2nc(C(C)(C)C)cs2)CC1C(=O)O. The van der Waals surface area contributed by atoms with Crippen LogP contribution in [-0.2, 0) is 10.2 Å². The van der Waals surface area contributed by atoms with Gasteiger partial charge in [0.15, 0.2) is 5.13 Å². The maximum Gasteiger partial charge on any atom is 0.323 e. The summed E-state index contributed by atoms with van der Waals surface area (Å²) in [5, 5.41) is 14.3. The van der Waals surface area contributed by atoms with Gasteiger partial charge in [-0.2, -0.15) is 0 Å². The third-order valence-corrected chi connectivity index (χ3v) is 4.46. The highest BCUT2D eigenvalue weighted by Crippen LogP contribution is 2.28. The van der Waals surface area contributed by atoms with E-state index in [2.05, 4.69) is 31.1 Å². The molecule has 1 aromatic rings. The Balaban J connectivity index is 1.99. The molecule has 1 aromatic heterocycles. The van der Waals surface area contributed by atoms with Crippen LogP contribution in [0.25, 0.3) is 0 Å². The van der Waals surface area contributed by atoms with Gasteiger partial charge in [-0.3, -0.25) is 10.1 Å². The topological polar surface area (TPSA) is 82.5 Å². The number of nitrogens with one attached hydrogen (secondary N) is 1. The van der Waals surface area contributed by atoms with E-state index in [1.807, 2.05) is 12.3 Å². The van der Waals surface area contributed by atoms with Gasteiger partial charge in [-0.05, 0) is 5.92 Å². The predicted molar refractivity (Wildman–Crippen MR) is 81.7 cm³/mol. The number of rotatable bonds is 2. The zero-order valence-corrected chi connectivity index (χ0v) is 13.5. The molecule has 0 saturated carbocycles. The molecule has 21 heavy (non-hydrogen) atoms. The molecule has 116 valence electrons. The van der Waals surface area contributed by atoms with E-state index in [4.69, 9.17) is 5.11 Å². The number of amides is 2. The van der Waals surface area contributed by atoms with Crippen molar-refractivity contribution in [2.75, 3.05) is 18.4 Å². The summed E-state index contributed by atoms with van der Waals surface area (Å²) in [5.74, 6) is -1.37. The van der Waals surface area contributed by atoms with Crippen molar-refractivity contribution in [1.82, 2.24) is 9.88 Å². The minimum Gasteiger partial charge on any atom is -0.481 e. The maximum absolute atomic E-state index is 12.2. The highest BCUT2D eigenvalue weighted by atomic mass is 32.1. The van der Waals surface area contributed by atoms with Gasteiger partial charge in [-0.1, -0.05) is 27.7 Å². The van der Waals surface area contributed by atoms with E-state index in [1.54, 1.807) is 4.90 Å². The van der Waals surface area contributed by atoms with E-state index < -0.39 is 11.9 Å². The van der Waals surface area contributed by atoms with Crippen molar-refractivity contribution in [2.24, 2.45) is 11.8 Å². The monoisotopic (exact) mass is 311 g/mol. The molecule has 2 rings (SSSR count). The molecule has 1 aliphatic rings. The molecule has 2 N–H and O–H groups in total. The molecule has 2 unspecified atom stereocenters. The Bertz CT molecular complexity index is 550. The first kappa shape index (κ1) is 15.8. The van der Waals surface area contributed by atoms with Crippen LogP contribution in [0.5, 0.6) is 0 Å². The third-order valence-electron chi connectivity index (χ3n) is 3.70. The molecule has 2 heterocycles. The fourth-order valence-corrected chi connectivity index (χ4v) is 3.23. The van der Waals surface area contributed by atoms with E-state index in [-0.39, 0.29) is 23.9 Å². The second-order valence-electron chi connectivity index (χ2n) is 6.55. The summed E-state index contributed by atoms with van der Waals surface area (Å²) in [6, 6.07) is -0.277. The third kappa shape index (κ3) is 3.53. The normalized spacial score (nSPS) is 22.4. The van der Waals surface area contributed by atoms with Crippen molar-refractivity contribution in [3.63, 3.8) is 0 Å². The lowest BCUT2D eigenvalue weighted by Gasteiger charge is -2.16. The van der Waals surface area contributed by atoms with Gasteiger partial charge in [0.1, 0.15) is 0 Å². The number of urea groups is 1. The molecule has 0 radical (unpaired) electrons. The number of carboxylic acids is 1. The number of carboxylic acid groups (broad SMARTS) is 1. The predicted octanol–water partition coefficient (Wildman–Crippen LogP) is 2.62. The van der Waals surface area contributed by atoms with Crippen LogP contribution in [0.1, 0.15) is 33.4 Å². The number of carbonyl (C=O) groups excluding carboxylic acids is 1. The van der Waals surface area contributed by atoms with Gasteiger partial charge < -0.3 is 10.0 Å². The van der Waals surface area contributed by atoms with Crippen molar-refractivity contribution in [2.45, 2.75) is 33.1 Å². The van der Waals surface area contributed by atoms with Crippen LogP contribution in [0.3, 0.4) is 0 Å². The van der Waals surface area contributed by atoms with Crippen LogP contribution in [0.2, 0.25) is 0 Å². The molecular formula is C14H21N3O3S. The van der Waals surface area contributed by atoms with Gasteiger partial charge in [-0.25, -0.2) is 9.78 Å². The van der Waals surface area contributed by atoms with Gasteiger partial charge in [0.05, 0.1) is 11.6 Å². The van der Waals surface area contributed by atoms with Crippen LogP contribution in [0.4, 0.5) is 9.93 Å². The van der Waals surface area contributed by atoms with Crippen LogP contribution in [0.15, 0.2) is 5.38 Å². The lowest BCUT2D eigenvalue weighted by Crippen LogP contribution is -2.33. The van der Waals surface area contributed by atoms with Crippen LogP contribution in [0, 0.1) is 11.8 Å². The summed E-state index contributed by atoms with van der Waals surface area (Å²) >= 11 is 1.39. The Morgan fingerprint density at radius 2 is 2.10 bits per heavy atom. The van der Waals surface area contributed by atoms with E-state index in [0.717, 1.165) is 5.69 Å². The van der Waals surface area contributed by atoms with Gasteiger partial charge in [0, 0.05) is 23.9 Å². The number of aromatic nitrogens is 1. The minimum absolute atomic E-state index is 0.0327. The number of hydrogen-bond donors (Lipinski definition) is 2. The Morgan fingerprint density at radius 3 is 2.57 bits per heavy atom. The highest BCUT2D eigenvalue weighted by molar-refractivity contribution is 7.13. The van der Waals surface area contributed by atoms with E-state index in [9.17, 15) is 9.59 Å². The fraction of sp³-hybridized carbons (Fsp3) is 0.643. The molecule has 0 spiro atoms. The molecule has 1 aliphatic heterocycles. The number of thiazole rings is 1. The molecular weight excluding hydrogens is 290 g/mol. The molecule has 6 nitrogen and oxygen atoms in total. The Hall–Kier alpha value is -1.63. The smallest absolute Gasteiger partial charge is 0.323 e. The van der Waals surface area contributed by atoms with Gasteiger partial charge in [-0.15, -0.1) is 11.3 Å². The second kappa shape index (κ2) is 5.63. The first-order valence-electron chi connectivity index (χ1n) is 6.93. The Morgan fingerprint density at radius 1 is 1.43 bits per heavy atom. The Kier molecular flexibility index (Phi) is 4.22. The summed E-state index contributed by atoms with van der Waals surface area (Å²) in [6.07, 6.45) is 0. The molecule has 0 bridgehead atoms. The molecule has 0 aliphatic carbocycles. The molecule has 7 heteroatoms. The first-order chi connectivity index (χ1) is 9.68. The standard InChI is InChI=1S/C14H21N3O3S/c1-8-5-17(6-9(8)11(18)19)13(20)16-12-15-10(7-21-12)14(2,3)4/h7-9H,5-6H2,1-4H3,(H,18,19)(H,15,16,20). The number of aliphatic carboxylic acids is 1. The number of nitrogens with zero attached hydrogens (tertiary/aromatic N) is 2. The fourth-order valence-electron chi connectivity index (χ4n) is 2.30. The number of hydrogen-bond acceptors (Lipinski definition) is 4. The van der Waals surface area contributed by atoms with Crippen molar-refractivity contribution >= 4 is 28.5 Å². The first-order valence-corrected chi connectivity index (χ1v) is 7.81. The van der Waals surface area contributed by atoms with Gasteiger partial charge in [0.2, 0.25) is 0 Å². The summed E-state index contributed by atoms with van der Waals surface area (Å²) < 4.78 is 0. The van der Waals surface area contributed by atoms with E-state index in [1.165, 1.54) is 11.3 Å². The number of anilines is 1. The number of carbonyl (C=O) groups is 2. The van der Waals surface area contributed by atoms with Crippen molar-refractivity contribution in [3.8, 4) is 0 Å². The number of likely N-dealkylation sites (tertiary alicyclic amines) is 1. The summed E-state index contributed by atoms with van der Waals surface area (Å²) in [6.45, 7) is 8.75. The molecule has 2 amide bonds. The van der Waals surface area contributed by atoms with Crippen molar-refractivity contribution in [1.29, 1.82) is 0 Å². The Labute approximate surface area is 128 Å². The molecule has 0 aromatic carbocycles. The summed E-state index contributed by atoms with van der Waals surface area (Å²) in [5.41, 5.74) is 0.872. The second-order valence-corrected chi connectivity index (χ2v) is 7.40. The van der Waals surface area contributed by atoms with Crippen LogP contribution in [-0.4, -0.2) is 40.1 Å². The molecule has 1 saturated heterocycles. The quantitative estimate of drug-likeness (QED) is 0.879. The zero-order valence-electron chi connectivity index (χ0n) is 12.7. The van der Waals surface area contributed by atoms with E-state index in [0.29, 0.717) is 11.7 Å². The van der Waals surface area contributed by atoms with Crippen LogP contribution < -0.4 is 5.32 Å². The van der Waals surface area contributed by atoms with Gasteiger partial charge in [0.25, 0.3) is 0 Å². The largest absolute Gasteiger partial charge is 0.481 e. The molecule has 1 fully saturated rings. The lowest BCUT2D eigenvalue weighted by molar-refractivity contribution is -0.142. The lowest BCUT2D eigenvalue weighted by atomic mass is 9.93. The molecule has 2 atom stereocenters. The zero-order chi connectivity index (χ0) is 15.8. The van der Waals surface area contributed by atoms with E-state index >= 15 is 0 Å². The average Bonchev–Trinajstić information content (AvgIpc) is 2.94. The van der Waals surface area contributed by atoms with Crippen molar-refractivity contribution in [3.05, 3.63) is 11.1 Å². The minimum atomic E-state index is -0.845. The van der Waals surface area contributed by atoms with Gasteiger partial charge >= 0.3 is 12.0 Å². The summed E-state index contributed by atoms with van der Waals surface area (Å²) in [7, 11) is 0. The van der Waals surface area contributed by atoms with Crippen LogP contribution >= 0.6 is 11.3 Å². The highest BCUT2D eigenvalue weighted by Gasteiger charge is 2.37. The average molecular weight is 311 g/mol. The van der Waals surface area contributed by atoms with Crippen molar-refractivity contribution < 1.29 is 14.7 Å². The maximum atomic E-state index is 12.2.